The maximum atomic E-state index is 5.40. The molecule has 0 fully saturated rings. The quantitative estimate of drug-likeness (QED) is 0.323. The van der Waals surface area contributed by atoms with E-state index in [0.29, 0.717) is 12.8 Å². The molecule has 0 unspecified atom stereocenters. The molecule has 0 saturated carbocycles. The molecule has 0 aliphatic carbocycles. The summed E-state index contributed by atoms with van der Waals surface area (Å²) in [6.45, 7) is 2.93. The second kappa shape index (κ2) is 9.98. The molecule has 0 amide bonds. The first-order valence-electron chi connectivity index (χ1n) is 8.69. The Morgan fingerprint density at radius 2 is 2.30 bits per heavy atom. The Morgan fingerprint density at radius 3 is 3.11 bits per heavy atom. The molecular weight excluding hydrogens is 364 g/mol. The Morgan fingerprint density at radius 1 is 1.41 bits per heavy atom. The fourth-order valence-corrected chi connectivity index (χ4v) is 2.85. The molecule has 8 nitrogen and oxygen atoms in total. The van der Waals surface area contributed by atoms with E-state index in [1.54, 1.807) is 23.4 Å². The largest absolute Gasteiger partial charge is 0.454 e. The van der Waals surface area contributed by atoms with Crippen molar-refractivity contribution < 1.29 is 9.47 Å². The number of nitrogens with zero attached hydrogens (tertiary/aromatic N) is 5. The van der Waals surface area contributed by atoms with Crippen molar-refractivity contribution in [3.8, 4) is 11.5 Å². The summed E-state index contributed by atoms with van der Waals surface area (Å²) in [6, 6.07) is 6.04. The Balaban J connectivity index is 1.37. The Hall–Kier alpha value is -2.52. The molecular formula is C18H24N6O2S. The molecule has 0 saturated heterocycles. The third kappa shape index (κ3) is 5.73. The minimum atomic E-state index is 0.310. The van der Waals surface area contributed by atoms with Gasteiger partial charge in [0.15, 0.2) is 11.5 Å². The van der Waals surface area contributed by atoms with Crippen molar-refractivity contribution in [1.29, 1.82) is 0 Å². The smallest absolute Gasteiger partial charge is 0.243 e. The lowest BCUT2D eigenvalue weighted by atomic mass is 10.2. The van der Waals surface area contributed by atoms with Gasteiger partial charge in [0.05, 0.1) is 6.34 Å². The fourth-order valence-electron chi connectivity index (χ4n) is 2.54. The lowest BCUT2D eigenvalue weighted by Gasteiger charge is -2.13. The van der Waals surface area contributed by atoms with Crippen LogP contribution in [0.2, 0.25) is 0 Å². The third-order valence-electron chi connectivity index (χ3n) is 3.91. The van der Waals surface area contributed by atoms with E-state index in [1.165, 1.54) is 17.5 Å². The van der Waals surface area contributed by atoms with Crippen LogP contribution in [-0.2, 0) is 6.54 Å². The standard InChI is InChI=1S/C18H24N6O2S/c1-23(13-21-18(22-27-2)24-9-7-20-12-24)8-3-6-19-11-15-4-5-16-17(10-15)26-14-25-16/h4-5,7,9-10,12-13,19H,3,6,8,11,14H2,1-2H3/b21-13+,22-18+. The average molecular weight is 388 g/mol. The highest BCUT2D eigenvalue weighted by Gasteiger charge is 2.12. The summed E-state index contributed by atoms with van der Waals surface area (Å²) >= 11 is 1.37. The molecule has 9 heteroatoms. The number of nitrogens with one attached hydrogen (secondary N) is 1. The summed E-state index contributed by atoms with van der Waals surface area (Å²) in [5, 5.41) is 3.45. The lowest BCUT2D eigenvalue weighted by molar-refractivity contribution is 0.174. The van der Waals surface area contributed by atoms with Gasteiger partial charge in [-0.15, -0.1) is 0 Å². The number of ether oxygens (including phenoxy) is 2. The predicted octanol–water partition coefficient (Wildman–Crippen LogP) is 2.23. The highest BCUT2D eigenvalue weighted by atomic mass is 32.2. The van der Waals surface area contributed by atoms with Gasteiger partial charge in [0.25, 0.3) is 0 Å². The average Bonchev–Trinajstić information content (AvgIpc) is 3.36. The van der Waals surface area contributed by atoms with E-state index in [1.807, 2.05) is 31.6 Å². The van der Waals surface area contributed by atoms with Crippen LogP contribution in [0.5, 0.6) is 11.5 Å². The zero-order chi connectivity index (χ0) is 18.9. The maximum absolute atomic E-state index is 5.40. The monoisotopic (exact) mass is 388 g/mol. The normalized spacial score (nSPS) is 13.5. The second-order valence-corrected chi connectivity index (χ2v) is 6.53. The summed E-state index contributed by atoms with van der Waals surface area (Å²) in [5.74, 6) is 2.25. The lowest BCUT2D eigenvalue weighted by Crippen LogP contribution is -2.23. The number of hydrogen-bond acceptors (Lipinski definition) is 6. The van der Waals surface area contributed by atoms with E-state index < -0.39 is 0 Å². The minimum Gasteiger partial charge on any atom is -0.454 e. The summed E-state index contributed by atoms with van der Waals surface area (Å²) in [7, 11) is 2.01. The van der Waals surface area contributed by atoms with Crippen LogP contribution >= 0.6 is 11.9 Å². The molecule has 1 N–H and O–H groups in total. The second-order valence-electron chi connectivity index (χ2n) is 5.99. The van der Waals surface area contributed by atoms with E-state index >= 15 is 0 Å². The van der Waals surface area contributed by atoms with Crippen molar-refractivity contribution in [3.63, 3.8) is 0 Å². The first-order chi connectivity index (χ1) is 13.3. The van der Waals surface area contributed by atoms with Gasteiger partial charge in [-0.3, -0.25) is 4.57 Å². The number of aliphatic imine (C=N–C) groups is 1. The number of imidazole rings is 1. The van der Waals surface area contributed by atoms with Crippen molar-refractivity contribution in [3.05, 3.63) is 42.5 Å². The van der Waals surface area contributed by atoms with Crippen LogP contribution in [0.1, 0.15) is 12.0 Å². The van der Waals surface area contributed by atoms with E-state index in [4.69, 9.17) is 9.47 Å². The van der Waals surface area contributed by atoms with Gasteiger partial charge in [0.1, 0.15) is 6.33 Å². The van der Waals surface area contributed by atoms with Crippen LogP contribution in [0, 0.1) is 0 Å². The molecule has 0 atom stereocenters. The Bertz CT molecular complexity index is 778. The summed E-state index contributed by atoms with van der Waals surface area (Å²) in [6.07, 6.45) is 9.93. The highest BCUT2D eigenvalue weighted by molar-refractivity contribution is 7.97. The highest BCUT2D eigenvalue weighted by Crippen LogP contribution is 2.32. The minimum absolute atomic E-state index is 0.310. The number of aromatic nitrogens is 2. The summed E-state index contributed by atoms with van der Waals surface area (Å²) < 4.78 is 16.8. The molecule has 2 aromatic rings. The van der Waals surface area contributed by atoms with E-state index in [9.17, 15) is 0 Å². The maximum Gasteiger partial charge on any atom is 0.243 e. The molecule has 0 bridgehead atoms. The molecule has 0 spiro atoms. The van der Waals surface area contributed by atoms with Crippen molar-refractivity contribution >= 4 is 24.2 Å². The van der Waals surface area contributed by atoms with Gasteiger partial charge >= 0.3 is 0 Å². The Labute approximate surface area is 163 Å². The zero-order valence-corrected chi connectivity index (χ0v) is 16.4. The zero-order valence-electron chi connectivity index (χ0n) is 15.5. The first-order valence-corrected chi connectivity index (χ1v) is 9.87. The van der Waals surface area contributed by atoms with Crippen LogP contribution in [-0.4, -0.2) is 59.9 Å². The number of hydrogen-bond donors (Lipinski definition) is 1. The molecule has 0 radical (unpaired) electrons. The molecule has 2 heterocycles. The SMILES string of the molecule is CS/N=C(\N=C\N(C)CCCNCc1ccc2c(c1)OCO2)n1ccnc1. The van der Waals surface area contributed by atoms with Gasteiger partial charge < -0.3 is 19.7 Å². The van der Waals surface area contributed by atoms with Crippen molar-refractivity contribution in [1.82, 2.24) is 19.8 Å². The van der Waals surface area contributed by atoms with E-state index in [2.05, 4.69) is 30.7 Å². The fraction of sp³-hybridized carbons (Fsp3) is 0.389. The van der Waals surface area contributed by atoms with E-state index in [-0.39, 0.29) is 0 Å². The van der Waals surface area contributed by atoms with Gasteiger partial charge in [0, 0.05) is 38.8 Å². The third-order valence-corrected chi connectivity index (χ3v) is 4.25. The summed E-state index contributed by atoms with van der Waals surface area (Å²) in [5.41, 5.74) is 1.19. The van der Waals surface area contributed by atoms with Gasteiger partial charge in [-0.2, -0.15) is 4.40 Å². The van der Waals surface area contributed by atoms with Gasteiger partial charge in [-0.25, -0.2) is 9.98 Å². The Kier molecular flexibility index (Phi) is 7.11. The van der Waals surface area contributed by atoms with Crippen molar-refractivity contribution in [2.45, 2.75) is 13.0 Å². The van der Waals surface area contributed by atoms with Gasteiger partial charge in [-0.05, 0) is 42.6 Å². The molecule has 1 aromatic carbocycles. The van der Waals surface area contributed by atoms with Crippen LogP contribution in [0.15, 0.2) is 46.3 Å². The molecule has 1 aliphatic heterocycles. The molecule has 1 aromatic heterocycles. The molecule has 27 heavy (non-hydrogen) atoms. The summed E-state index contributed by atoms with van der Waals surface area (Å²) in [4.78, 5) is 10.5. The van der Waals surface area contributed by atoms with Gasteiger partial charge in [-0.1, -0.05) is 6.07 Å². The predicted molar refractivity (Wildman–Crippen MR) is 109 cm³/mol. The van der Waals surface area contributed by atoms with Gasteiger partial charge in [0.2, 0.25) is 12.8 Å². The van der Waals surface area contributed by atoms with Crippen LogP contribution in [0.25, 0.3) is 0 Å². The number of rotatable bonds is 8. The molecule has 144 valence electrons. The van der Waals surface area contributed by atoms with Crippen molar-refractivity contribution in [2.75, 3.05) is 33.2 Å². The molecule has 1 aliphatic rings. The first kappa shape index (κ1) is 19.2. The van der Waals surface area contributed by atoms with Crippen LogP contribution in [0.4, 0.5) is 0 Å². The van der Waals surface area contributed by atoms with Crippen molar-refractivity contribution in [2.24, 2.45) is 9.39 Å². The number of fused-ring (bicyclic) bond motifs is 1. The number of benzene rings is 1. The van der Waals surface area contributed by atoms with Crippen LogP contribution < -0.4 is 14.8 Å². The molecule has 3 rings (SSSR count). The topological polar surface area (TPSA) is 76.3 Å². The van der Waals surface area contributed by atoms with E-state index in [0.717, 1.165) is 37.6 Å². The van der Waals surface area contributed by atoms with Crippen LogP contribution in [0.3, 0.4) is 0 Å².